The molecular formula is C24H30N4O2S. The van der Waals surface area contributed by atoms with Crippen molar-refractivity contribution in [1.82, 2.24) is 15.1 Å². The molecule has 0 aliphatic heterocycles. The van der Waals surface area contributed by atoms with E-state index in [1.165, 1.54) is 28.6 Å². The molecule has 7 heteroatoms. The van der Waals surface area contributed by atoms with Crippen molar-refractivity contribution < 1.29 is 9.21 Å². The number of hydrogen-bond acceptors (Lipinski definition) is 6. The summed E-state index contributed by atoms with van der Waals surface area (Å²) in [6, 6.07) is 14.4. The third-order valence-electron chi connectivity index (χ3n) is 5.30. The summed E-state index contributed by atoms with van der Waals surface area (Å²) >= 11 is 1.27. The van der Waals surface area contributed by atoms with Crippen LogP contribution in [-0.4, -0.2) is 46.9 Å². The molecule has 0 aliphatic rings. The van der Waals surface area contributed by atoms with Crippen LogP contribution in [0, 0.1) is 13.8 Å². The molecule has 0 saturated carbocycles. The molecule has 3 aromatic rings. The highest BCUT2D eigenvalue weighted by Gasteiger charge is 2.15. The van der Waals surface area contributed by atoms with Crippen LogP contribution in [0.15, 0.2) is 52.1 Å². The normalized spacial score (nSPS) is 10.9. The van der Waals surface area contributed by atoms with Gasteiger partial charge in [-0.25, -0.2) is 0 Å². The molecule has 0 saturated heterocycles. The van der Waals surface area contributed by atoms with Crippen LogP contribution in [0.4, 0.5) is 5.69 Å². The van der Waals surface area contributed by atoms with Crippen molar-refractivity contribution in [3.05, 3.63) is 59.2 Å². The molecule has 0 spiro atoms. The summed E-state index contributed by atoms with van der Waals surface area (Å²) in [5.74, 6) is 0.738. The van der Waals surface area contributed by atoms with E-state index >= 15 is 0 Å². The maximum atomic E-state index is 12.5. The third kappa shape index (κ3) is 5.88. The predicted molar refractivity (Wildman–Crippen MR) is 126 cm³/mol. The number of rotatable bonds is 9. The lowest BCUT2D eigenvalue weighted by Gasteiger charge is -2.20. The SMILES string of the molecule is CCN(CC)c1ccc(-c2nnc(SCC(=O)N(C)Cc3ccc(C)cc3C)o2)cc1. The molecule has 0 fully saturated rings. The van der Waals surface area contributed by atoms with E-state index in [9.17, 15) is 4.79 Å². The van der Waals surface area contributed by atoms with Crippen molar-refractivity contribution in [2.24, 2.45) is 0 Å². The number of thioether (sulfide) groups is 1. The molecule has 0 radical (unpaired) electrons. The molecule has 164 valence electrons. The Labute approximate surface area is 188 Å². The van der Waals surface area contributed by atoms with E-state index in [4.69, 9.17) is 4.42 Å². The van der Waals surface area contributed by atoms with Gasteiger partial charge in [0.25, 0.3) is 5.22 Å². The Hall–Kier alpha value is -2.80. The first-order chi connectivity index (χ1) is 14.9. The summed E-state index contributed by atoms with van der Waals surface area (Å²) in [6.07, 6.45) is 0. The molecular weight excluding hydrogens is 408 g/mol. The zero-order chi connectivity index (χ0) is 22.4. The molecule has 0 N–H and O–H groups in total. The lowest BCUT2D eigenvalue weighted by molar-refractivity contribution is -0.127. The lowest BCUT2D eigenvalue weighted by atomic mass is 10.1. The Morgan fingerprint density at radius 1 is 1.03 bits per heavy atom. The number of benzene rings is 2. The Bertz CT molecular complexity index is 1010. The third-order valence-corrected chi connectivity index (χ3v) is 6.10. The van der Waals surface area contributed by atoms with Gasteiger partial charge in [-0.2, -0.15) is 0 Å². The van der Waals surface area contributed by atoms with Gasteiger partial charge in [0, 0.05) is 37.9 Å². The minimum absolute atomic E-state index is 0.0216. The fourth-order valence-electron chi connectivity index (χ4n) is 3.39. The quantitative estimate of drug-likeness (QED) is 0.441. The Kier molecular flexibility index (Phi) is 7.74. The number of nitrogens with zero attached hydrogens (tertiary/aromatic N) is 4. The average Bonchev–Trinajstić information content (AvgIpc) is 3.24. The van der Waals surface area contributed by atoms with Gasteiger partial charge >= 0.3 is 0 Å². The van der Waals surface area contributed by atoms with E-state index in [1.807, 2.05) is 19.2 Å². The zero-order valence-electron chi connectivity index (χ0n) is 18.9. The number of carbonyl (C=O) groups is 1. The Balaban J connectivity index is 1.56. The van der Waals surface area contributed by atoms with Crippen molar-refractivity contribution in [3.63, 3.8) is 0 Å². The number of aromatic nitrogens is 2. The van der Waals surface area contributed by atoms with Crippen molar-refractivity contribution >= 4 is 23.4 Å². The van der Waals surface area contributed by atoms with Gasteiger partial charge in [0.1, 0.15) is 0 Å². The van der Waals surface area contributed by atoms with Crippen molar-refractivity contribution in [2.75, 3.05) is 30.8 Å². The Morgan fingerprint density at radius 3 is 2.39 bits per heavy atom. The fraction of sp³-hybridized carbons (Fsp3) is 0.375. The largest absolute Gasteiger partial charge is 0.411 e. The number of hydrogen-bond donors (Lipinski definition) is 0. The van der Waals surface area contributed by atoms with E-state index in [0.717, 1.165) is 24.2 Å². The highest BCUT2D eigenvalue weighted by atomic mass is 32.2. The number of carbonyl (C=O) groups excluding carboxylic acids is 1. The van der Waals surface area contributed by atoms with Crippen LogP contribution >= 0.6 is 11.8 Å². The summed E-state index contributed by atoms with van der Waals surface area (Å²) in [4.78, 5) is 16.6. The van der Waals surface area contributed by atoms with Crippen LogP contribution in [0.3, 0.4) is 0 Å². The van der Waals surface area contributed by atoms with Gasteiger partial charge in [-0.1, -0.05) is 35.5 Å². The van der Waals surface area contributed by atoms with Gasteiger partial charge in [0.2, 0.25) is 11.8 Å². The number of anilines is 1. The topological polar surface area (TPSA) is 62.5 Å². The smallest absolute Gasteiger partial charge is 0.277 e. The van der Waals surface area contributed by atoms with Crippen molar-refractivity contribution in [1.29, 1.82) is 0 Å². The molecule has 0 atom stereocenters. The van der Waals surface area contributed by atoms with E-state index < -0.39 is 0 Å². The van der Waals surface area contributed by atoms with Gasteiger partial charge in [-0.3, -0.25) is 4.79 Å². The maximum Gasteiger partial charge on any atom is 0.277 e. The second-order valence-corrected chi connectivity index (χ2v) is 8.49. The van der Waals surface area contributed by atoms with E-state index in [2.05, 4.69) is 73.1 Å². The second kappa shape index (κ2) is 10.5. The summed E-state index contributed by atoms with van der Waals surface area (Å²) < 4.78 is 5.76. The molecule has 31 heavy (non-hydrogen) atoms. The second-order valence-electron chi connectivity index (χ2n) is 7.56. The fourth-order valence-corrected chi connectivity index (χ4v) is 4.09. The van der Waals surface area contributed by atoms with Crippen molar-refractivity contribution in [3.8, 4) is 11.5 Å². The molecule has 1 amide bonds. The number of amides is 1. The molecule has 3 rings (SSSR count). The van der Waals surface area contributed by atoms with Crippen LogP contribution in [0.5, 0.6) is 0 Å². The Morgan fingerprint density at radius 2 is 1.74 bits per heavy atom. The van der Waals surface area contributed by atoms with Gasteiger partial charge in [-0.15, -0.1) is 10.2 Å². The minimum atomic E-state index is 0.0216. The molecule has 0 bridgehead atoms. The average molecular weight is 439 g/mol. The summed E-state index contributed by atoms with van der Waals surface area (Å²) in [5, 5.41) is 8.62. The van der Waals surface area contributed by atoms with Gasteiger partial charge in [-0.05, 0) is 63.1 Å². The monoisotopic (exact) mass is 438 g/mol. The van der Waals surface area contributed by atoms with Gasteiger partial charge < -0.3 is 14.2 Å². The molecule has 1 aromatic heterocycles. The van der Waals surface area contributed by atoms with Crippen LogP contribution in [0.25, 0.3) is 11.5 Å². The highest BCUT2D eigenvalue weighted by molar-refractivity contribution is 7.99. The minimum Gasteiger partial charge on any atom is -0.411 e. The molecule has 1 heterocycles. The molecule has 0 unspecified atom stereocenters. The maximum absolute atomic E-state index is 12.5. The zero-order valence-corrected chi connectivity index (χ0v) is 19.7. The van der Waals surface area contributed by atoms with Crippen LogP contribution in [0.1, 0.15) is 30.5 Å². The summed E-state index contributed by atoms with van der Waals surface area (Å²) in [6.45, 7) is 10.9. The van der Waals surface area contributed by atoms with Crippen LogP contribution in [-0.2, 0) is 11.3 Å². The lowest BCUT2D eigenvalue weighted by Crippen LogP contribution is -2.28. The molecule has 6 nitrogen and oxygen atoms in total. The molecule has 0 aliphatic carbocycles. The summed E-state index contributed by atoms with van der Waals surface area (Å²) in [7, 11) is 1.82. The highest BCUT2D eigenvalue weighted by Crippen LogP contribution is 2.25. The first kappa shape index (κ1) is 22.9. The van der Waals surface area contributed by atoms with Crippen LogP contribution < -0.4 is 4.90 Å². The van der Waals surface area contributed by atoms with Gasteiger partial charge in [0.15, 0.2) is 0 Å². The number of aryl methyl sites for hydroxylation is 2. The van der Waals surface area contributed by atoms with E-state index in [-0.39, 0.29) is 11.7 Å². The van der Waals surface area contributed by atoms with Gasteiger partial charge in [0.05, 0.1) is 5.75 Å². The summed E-state index contributed by atoms with van der Waals surface area (Å²) in [5.41, 5.74) is 5.61. The first-order valence-electron chi connectivity index (χ1n) is 10.5. The predicted octanol–water partition coefficient (Wildman–Crippen LogP) is 4.95. The standard InChI is InChI=1S/C24H30N4O2S/c1-6-28(7-2)21-12-10-19(11-13-21)23-25-26-24(30-23)31-16-22(29)27(5)15-20-9-8-17(3)14-18(20)4/h8-14H,6-7,15-16H2,1-5H3. The van der Waals surface area contributed by atoms with Crippen LogP contribution in [0.2, 0.25) is 0 Å². The van der Waals surface area contributed by atoms with Crippen molar-refractivity contribution in [2.45, 2.75) is 39.5 Å². The van der Waals surface area contributed by atoms with E-state index in [1.54, 1.807) is 4.90 Å². The first-order valence-corrected chi connectivity index (χ1v) is 11.5. The van der Waals surface area contributed by atoms with E-state index in [0.29, 0.717) is 17.7 Å². The molecule has 2 aromatic carbocycles.